The normalized spacial score (nSPS) is 16.2. The van der Waals surface area contributed by atoms with Crippen LogP contribution in [-0.4, -0.2) is 39.2 Å². The van der Waals surface area contributed by atoms with E-state index in [1.807, 2.05) is 13.8 Å². The second-order valence-electron chi connectivity index (χ2n) is 6.51. The molecule has 7 nitrogen and oxygen atoms in total. The van der Waals surface area contributed by atoms with E-state index in [0.717, 1.165) is 10.8 Å². The van der Waals surface area contributed by atoms with Crippen LogP contribution in [-0.2, 0) is 11.3 Å². The summed E-state index contributed by atoms with van der Waals surface area (Å²) in [6, 6.07) is 5.85. The maximum absolute atomic E-state index is 13.8. The van der Waals surface area contributed by atoms with E-state index < -0.39 is 28.5 Å². The molecule has 8 heteroatoms. The van der Waals surface area contributed by atoms with E-state index in [0.29, 0.717) is 6.61 Å². The molecule has 0 saturated carbocycles. The fourth-order valence-corrected chi connectivity index (χ4v) is 2.72. The number of ether oxygens (including phenoxy) is 1. The molecule has 3 rings (SSSR count). The van der Waals surface area contributed by atoms with Gasteiger partial charge in [0.2, 0.25) is 0 Å². The van der Waals surface area contributed by atoms with Gasteiger partial charge in [-0.1, -0.05) is 18.2 Å². The molecule has 0 bridgehead atoms. The van der Waals surface area contributed by atoms with E-state index in [1.165, 1.54) is 23.1 Å². The zero-order valence-electron chi connectivity index (χ0n) is 13.9. The van der Waals surface area contributed by atoms with Gasteiger partial charge in [0.1, 0.15) is 18.1 Å². The number of H-pyrrole nitrogens is 1. The van der Waals surface area contributed by atoms with Gasteiger partial charge in [0, 0.05) is 11.8 Å². The van der Waals surface area contributed by atoms with Crippen LogP contribution < -0.4 is 11.2 Å². The Bertz CT molecular complexity index is 932. The van der Waals surface area contributed by atoms with Crippen LogP contribution in [0.2, 0.25) is 0 Å². The number of benzene rings is 1. The van der Waals surface area contributed by atoms with Crippen LogP contribution in [0.4, 0.5) is 4.39 Å². The summed E-state index contributed by atoms with van der Waals surface area (Å²) in [6.45, 7) is 3.80. The highest BCUT2D eigenvalue weighted by Crippen LogP contribution is 2.22. The van der Waals surface area contributed by atoms with Gasteiger partial charge >= 0.3 is 5.69 Å². The quantitative estimate of drug-likeness (QED) is 0.895. The fourth-order valence-electron chi connectivity index (χ4n) is 2.72. The molecule has 2 heterocycles. The number of rotatable bonds is 3. The van der Waals surface area contributed by atoms with Crippen LogP contribution in [0, 0.1) is 5.82 Å². The lowest BCUT2D eigenvalue weighted by Crippen LogP contribution is -2.48. The number of carbonyl (C=O) groups is 1. The van der Waals surface area contributed by atoms with Crippen molar-refractivity contribution < 1.29 is 13.9 Å². The van der Waals surface area contributed by atoms with Crippen molar-refractivity contribution in [3.63, 3.8) is 0 Å². The number of halogens is 1. The second kappa shape index (κ2) is 6.29. The van der Waals surface area contributed by atoms with Crippen LogP contribution in [0.3, 0.4) is 0 Å². The third-order valence-electron chi connectivity index (χ3n) is 4.23. The van der Waals surface area contributed by atoms with E-state index in [4.69, 9.17) is 4.74 Å². The number of aromatic nitrogens is 2. The predicted octanol–water partition coefficient (Wildman–Crippen LogP) is 0.932. The first-order chi connectivity index (χ1) is 11.8. The van der Waals surface area contributed by atoms with E-state index in [1.54, 1.807) is 6.07 Å². The van der Waals surface area contributed by atoms with Crippen LogP contribution in [0.15, 0.2) is 40.1 Å². The Morgan fingerprint density at radius 2 is 2.04 bits per heavy atom. The molecule has 25 heavy (non-hydrogen) atoms. The van der Waals surface area contributed by atoms with Gasteiger partial charge in [0.05, 0.1) is 18.7 Å². The second-order valence-corrected chi connectivity index (χ2v) is 6.51. The molecule has 0 spiro atoms. The van der Waals surface area contributed by atoms with E-state index in [9.17, 15) is 18.8 Å². The summed E-state index contributed by atoms with van der Waals surface area (Å²) in [5, 5.41) is 0. The Labute approximate surface area is 142 Å². The molecule has 2 aromatic rings. The van der Waals surface area contributed by atoms with Crippen molar-refractivity contribution in [2.75, 3.05) is 13.3 Å². The van der Waals surface area contributed by atoms with Gasteiger partial charge in [0.15, 0.2) is 0 Å². The van der Waals surface area contributed by atoms with Crippen molar-refractivity contribution in [1.82, 2.24) is 14.5 Å². The van der Waals surface area contributed by atoms with E-state index >= 15 is 0 Å². The number of carbonyl (C=O) groups excluding carboxylic acids is 1. The number of aromatic amines is 1. The highest BCUT2D eigenvalue weighted by atomic mass is 19.1. The van der Waals surface area contributed by atoms with Crippen LogP contribution in [0.5, 0.6) is 0 Å². The van der Waals surface area contributed by atoms with Crippen molar-refractivity contribution in [3.8, 4) is 0 Å². The van der Waals surface area contributed by atoms with Crippen molar-refractivity contribution in [1.29, 1.82) is 0 Å². The van der Waals surface area contributed by atoms with Crippen LogP contribution in [0.25, 0.3) is 0 Å². The molecule has 0 radical (unpaired) electrons. The van der Waals surface area contributed by atoms with Gasteiger partial charge in [-0.15, -0.1) is 0 Å². The van der Waals surface area contributed by atoms with Gasteiger partial charge in [-0.2, -0.15) is 0 Å². The predicted molar refractivity (Wildman–Crippen MR) is 87.9 cm³/mol. The lowest BCUT2D eigenvalue weighted by atomic mass is 10.1. The third-order valence-corrected chi connectivity index (χ3v) is 4.23. The summed E-state index contributed by atoms with van der Waals surface area (Å²) >= 11 is 0. The third kappa shape index (κ3) is 3.12. The molecule has 1 aliphatic rings. The standard InChI is InChI=1S/C17H18FN3O4/c1-17(2)9-25-10-21(17)15(23)12-7-19-16(24)20(14(12)22)8-11-5-3-4-6-13(11)18/h3-7H,8-10H2,1-2H3,(H,19,24). The molecule has 132 valence electrons. The highest BCUT2D eigenvalue weighted by molar-refractivity contribution is 5.94. The monoisotopic (exact) mass is 347 g/mol. The molecule has 1 N–H and O–H groups in total. The molecule has 0 aliphatic carbocycles. The first-order valence-electron chi connectivity index (χ1n) is 7.77. The van der Waals surface area contributed by atoms with Gasteiger partial charge in [-0.25, -0.2) is 9.18 Å². The van der Waals surface area contributed by atoms with Gasteiger partial charge in [-0.05, 0) is 19.9 Å². The van der Waals surface area contributed by atoms with E-state index in [-0.39, 0.29) is 24.4 Å². The molecule has 1 aliphatic heterocycles. The number of amides is 1. The lowest BCUT2D eigenvalue weighted by Gasteiger charge is -2.28. The summed E-state index contributed by atoms with van der Waals surface area (Å²) in [6.07, 6.45) is 1.10. The molecule has 1 amide bonds. The number of nitrogens with one attached hydrogen (secondary N) is 1. The van der Waals surface area contributed by atoms with E-state index in [2.05, 4.69) is 4.98 Å². The molecule has 1 aromatic heterocycles. The molecule has 0 atom stereocenters. The minimum Gasteiger partial charge on any atom is -0.359 e. The van der Waals surface area contributed by atoms with Gasteiger partial charge < -0.3 is 14.6 Å². The topological polar surface area (TPSA) is 84.4 Å². The minimum absolute atomic E-state index is 0.0672. The van der Waals surface area contributed by atoms with Crippen molar-refractivity contribution in [3.05, 3.63) is 68.2 Å². The summed E-state index contributed by atoms with van der Waals surface area (Å²) in [4.78, 5) is 41.2. The summed E-state index contributed by atoms with van der Waals surface area (Å²) < 4.78 is 19.9. The first-order valence-corrected chi connectivity index (χ1v) is 7.77. The Hall–Kier alpha value is -2.74. The molecule has 0 unspecified atom stereocenters. The van der Waals surface area contributed by atoms with Crippen molar-refractivity contribution in [2.45, 2.75) is 25.9 Å². The molecule has 1 aromatic carbocycles. The summed E-state index contributed by atoms with van der Waals surface area (Å²) in [5.41, 5.74) is -2.03. The summed E-state index contributed by atoms with van der Waals surface area (Å²) in [7, 11) is 0. The van der Waals surface area contributed by atoms with Crippen LogP contribution >= 0.6 is 0 Å². The Morgan fingerprint density at radius 1 is 1.32 bits per heavy atom. The van der Waals surface area contributed by atoms with Gasteiger partial charge in [-0.3, -0.25) is 14.2 Å². The first kappa shape index (κ1) is 17.1. The molecular formula is C17H18FN3O4. The maximum atomic E-state index is 13.8. The molecule has 1 fully saturated rings. The maximum Gasteiger partial charge on any atom is 0.328 e. The Morgan fingerprint density at radius 3 is 2.68 bits per heavy atom. The number of nitrogens with zero attached hydrogens (tertiary/aromatic N) is 2. The molecular weight excluding hydrogens is 329 g/mol. The largest absolute Gasteiger partial charge is 0.359 e. The van der Waals surface area contributed by atoms with Gasteiger partial charge in [0.25, 0.3) is 11.5 Å². The molecule has 1 saturated heterocycles. The zero-order chi connectivity index (χ0) is 18.2. The average molecular weight is 347 g/mol. The Kier molecular flexibility index (Phi) is 4.30. The van der Waals surface area contributed by atoms with Crippen molar-refractivity contribution >= 4 is 5.91 Å². The minimum atomic E-state index is -0.764. The Balaban J connectivity index is 2.01. The average Bonchev–Trinajstić information content (AvgIpc) is 2.92. The highest BCUT2D eigenvalue weighted by Gasteiger charge is 2.38. The lowest BCUT2D eigenvalue weighted by molar-refractivity contribution is 0.0602. The fraction of sp³-hybridized carbons (Fsp3) is 0.353. The van der Waals surface area contributed by atoms with Crippen molar-refractivity contribution in [2.24, 2.45) is 0 Å². The SMILES string of the molecule is CC1(C)COCN1C(=O)c1c[nH]c(=O)n(Cc2ccccc2F)c1=O. The number of hydrogen-bond donors (Lipinski definition) is 1. The smallest absolute Gasteiger partial charge is 0.328 e. The summed E-state index contributed by atoms with van der Waals surface area (Å²) in [5.74, 6) is -1.06. The zero-order valence-corrected chi connectivity index (χ0v) is 13.9. The van der Waals surface area contributed by atoms with Crippen LogP contribution in [0.1, 0.15) is 29.8 Å². The number of hydrogen-bond acceptors (Lipinski definition) is 4.